The van der Waals surface area contributed by atoms with Crippen molar-refractivity contribution in [2.45, 2.75) is 90.4 Å². The molecule has 0 radical (unpaired) electrons. The molecule has 0 aromatic heterocycles. The molecular formula is C19H35NO3. The summed E-state index contributed by atoms with van der Waals surface area (Å²) >= 11 is 0. The number of nitrogens with one attached hydrogen (secondary N) is 1. The van der Waals surface area contributed by atoms with E-state index in [0.717, 1.165) is 19.6 Å². The average Bonchev–Trinajstić information content (AvgIpc) is 2.73. The van der Waals surface area contributed by atoms with Gasteiger partial charge in [0.2, 0.25) is 0 Å². The zero-order chi connectivity index (χ0) is 17.1. The molecule has 2 rings (SSSR count). The summed E-state index contributed by atoms with van der Waals surface area (Å²) in [6.45, 7) is 11.6. The van der Waals surface area contributed by atoms with E-state index < -0.39 is 5.60 Å². The maximum Gasteiger partial charge on any atom is 0.311 e. The Bertz CT molecular complexity index is 394. The molecule has 4 nitrogen and oxygen atoms in total. The highest BCUT2D eigenvalue weighted by atomic mass is 16.6. The lowest BCUT2D eigenvalue weighted by Crippen LogP contribution is -2.45. The number of carbonyl (C=O) groups excluding carboxylic acids is 1. The molecule has 0 aromatic carbocycles. The Morgan fingerprint density at radius 3 is 2.43 bits per heavy atom. The molecule has 1 unspecified atom stereocenters. The molecule has 23 heavy (non-hydrogen) atoms. The van der Waals surface area contributed by atoms with Gasteiger partial charge in [-0.15, -0.1) is 0 Å². The van der Waals surface area contributed by atoms with Gasteiger partial charge in [-0.1, -0.05) is 19.3 Å². The molecule has 1 saturated heterocycles. The van der Waals surface area contributed by atoms with Crippen LogP contribution in [0.25, 0.3) is 0 Å². The summed E-state index contributed by atoms with van der Waals surface area (Å²) in [5, 5.41) is 3.49. The SMILES string of the molecule is CC(C)(C)OC(=O)[C@H]1C(CCOC2CCCCC2)CNC1(C)C. The summed E-state index contributed by atoms with van der Waals surface area (Å²) in [6.07, 6.45) is 7.70. The molecule has 2 fully saturated rings. The monoisotopic (exact) mass is 325 g/mol. The Balaban J connectivity index is 1.87. The minimum Gasteiger partial charge on any atom is -0.460 e. The first-order valence-electron chi connectivity index (χ1n) is 9.28. The molecule has 1 saturated carbocycles. The Kier molecular flexibility index (Phi) is 6.12. The van der Waals surface area contributed by atoms with Crippen molar-refractivity contribution < 1.29 is 14.3 Å². The molecule has 4 heteroatoms. The molecule has 134 valence electrons. The highest BCUT2D eigenvalue weighted by molar-refractivity contribution is 5.75. The van der Waals surface area contributed by atoms with Crippen molar-refractivity contribution in [1.82, 2.24) is 5.32 Å². The number of rotatable bonds is 5. The largest absolute Gasteiger partial charge is 0.460 e. The minimum absolute atomic E-state index is 0.0739. The molecule has 2 atom stereocenters. The number of hydrogen-bond acceptors (Lipinski definition) is 4. The lowest BCUT2D eigenvalue weighted by atomic mass is 9.81. The second kappa shape index (κ2) is 7.52. The van der Waals surface area contributed by atoms with Gasteiger partial charge in [0.1, 0.15) is 5.60 Å². The van der Waals surface area contributed by atoms with Crippen molar-refractivity contribution in [1.29, 1.82) is 0 Å². The molecule has 1 N–H and O–H groups in total. The van der Waals surface area contributed by atoms with Crippen molar-refractivity contribution in [3.05, 3.63) is 0 Å². The average molecular weight is 325 g/mol. The fourth-order valence-corrected chi connectivity index (χ4v) is 3.95. The molecule has 2 aliphatic rings. The highest BCUT2D eigenvalue weighted by Gasteiger charge is 2.47. The second-order valence-corrected chi connectivity index (χ2v) is 8.79. The molecule has 0 bridgehead atoms. The Labute approximate surface area is 141 Å². The third-order valence-corrected chi connectivity index (χ3v) is 5.12. The predicted octanol–water partition coefficient (Wildman–Crippen LogP) is 3.68. The van der Waals surface area contributed by atoms with Crippen LogP contribution in [-0.2, 0) is 14.3 Å². The molecule has 1 aliphatic heterocycles. The van der Waals surface area contributed by atoms with E-state index in [0.29, 0.717) is 12.0 Å². The van der Waals surface area contributed by atoms with E-state index in [-0.39, 0.29) is 17.4 Å². The van der Waals surface area contributed by atoms with Crippen molar-refractivity contribution >= 4 is 5.97 Å². The summed E-state index contributed by atoms with van der Waals surface area (Å²) < 4.78 is 11.7. The van der Waals surface area contributed by atoms with E-state index >= 15 is 0 Å². The van der Waals surface area contributed by atoms with Crippen molar-refractivity contribution in [2.75, 3.05) is 13.2 Å². The number of ether oxygens (including phenoxy) is 2. The quantitative estimate of drug-likeness (QED) is 0.783. The highest BCUT2D eigenvalue weighted by Crippen LogP contribution is 2.35. The van der Waals surface area contributed by atoms with Crippen LogP contribution in [0.5, 0.6) is 0 Å². The lowest BCUT2D eigenvalue weighted by molar-refractivity contribution is -0.163. The van der Waals surface area contributed by atoms with Gasteiger partial charge in [0.25, 0.3) is 0 Å². The van der Waals surface area contributed by atoms with Crippen molar-refractivity contribution in [3.63, 3.8) is 0 Å². The first-order chi connectivity index (χ1) is 10.7. The van der Waals surface area contributed by atoms with Crippen LogP contribution in [0.2, 0.25) is 0 Å². The normalized spacial score (nSPS) is 28.7. The van der Waals surface area contributed by atoms with Gasteiger partial charge in [0.15, 0.2) is 0 Å². The van der Waals surface area contributed by atoms with Gasteiger partial charge in [-0.25, -0.2) is 0 Å². The Hall–Kier alpha value is -0.610. The van der Waals surface area contributed by atoms with Crippen LogP contribution in [0, 0.1) is 11.8 Å². The van der Waals surface area contributed by atoms with Gasteiger partial charge < -0.3 is 14.8 Å². The maximum absolute atomic E-state index is 12.6. The van der Waals surface area contributed by atoms with Gasteiger partial charge in [0, 0.05) is 12.1 Å². The van der Waals surface area contributed by atoms with Crippen LogP contribution in [0.4, 0.5) is 0 Å². The zero-order valence-electron chi connectivity index (χ0n) is 15.6. The first kappa shape index (κ1) is 18.7. The maximum atomic E-state index is 12.6. The Morgan fingerprint density at radius 1 is 1.17 bits per heavy atom. The number of esters is 1. The van der Waals surface area contributed by atoms with E-state index in [1.807, 2.05) is 20.8 Å². The van der Waals surface area contributed by atoms with Gasteiger partial charge >= 0.3 is 5.97 Å². The molecule has 0 amide bonds. The van der Waals surface area contributed by atoms with Crippen molar-refractivity contribution in [2.24, 2.45) is 11.8 Å². The summed E-state index contributed by atoms with van der Waals surface area (Å²) in [6, 6.07) is 0. The van der Waals surface area contributed by atoms with Crippen LogP contribution in [-0.4, -0.2) is 36.4 Å². The Morgan fingerprint density at radius 2 is 1.83 bits per heavy atom. The van der Waals surface area contributed by atoms with Gasteiger partial charge in [0.05, 0.1) is 12.0 Å². The fourth-order valence-electron chi connectivity index (χ4n) is 3.95. The third-order valence-electron chi connectivity index (χ3n) is 5.12. The number of carbonyl (C=O) groups is 1. The summed E-state index contributed by atoms with van der Waals surface area (Å²) in [4.78, 5) is 12.6. The summed E-state index contributed by atoms with van der Waals surface area (Å²) in [5.41, 5.74) is -0.642. The summed E-state index contributed by atoms with van der Waals surface area (Å²) in [7, 11) is 0. The lowest BCUT2D eigenvalue weighted by Gasteiger charge is -2.31. The minimum atomic E-state index is -0.432. The predicted molar refractivity (Wildman–Crippen MR) is 92.3 cm³/mol. The first-order valence-corrected chi connectivity index (χ1v) is 9.28. The van der Waals surface area contributed by atoms with Gasteiger partial charge in [-0.3, -0.25) is 4.79 Å². The van der Waals surface area contributed by atoms with E-state index in [9.17, 15) is 4.79 Å². The second-order valence-electron chi connectivity index (χ2n) is 8.79. The molecule has 1 heterocycles. The molecular weight excluding hydrogens is 290 g/mol. The van der Waals surface area contributed by atoms with Crippen LogP contribution in [0.3, 0.4) is 0 Å². The van der Waals surface area contributed by atoms with E-state index in [1.165, 1.54) is 32.1 Å². The van der Waals surface area contributed by atoms with Crippen LogP contribution >= 0.6 is 0 Å². The summed E-state index contributed by atoms with van der Waals surface area (Å²) in [5.74, 6) is 0.121. The van der Waals surface area contributed by atoms with Gasteiger partial charge in [-0.05, 0) is 66.3 Å². The smallest absolute Gasteiger partial charge is 0.311 e. The van der Waals surface area contributed by atoms with E-state index in [2.05, 4.69) is 19.2 Å². The molecule has 0 aromatic rings. The fraction of sp³-hybridized carbons (Fsp3) is 0.947. The number of hydrogen-bond donors (Lipinski definition) is 1. The standard InChI is InChI=1S/C19H35NO3/c1-18(2,3)23-17(21)16-14(13-20-19(16,4)5)11-12-22-15-9-7-6-8-10-15/h14-16,20H,6-13H2,1-5H3/t14?,16-/m1/s1. The van der Waals surface area contributed by atoms with E-state index in [1.54, 1.807) is 0 Å². The van der Waals surface area contributed by atoms with Crippen LogP contribution < -0.4 is 5.32 Å². The molecule has 0 spiro atoms. The van der Waals surface area contributed by atoms with Gasteiger partial charge in [-0.2, -0.15) is 0 Å². The van der Waals surface area contributed by atoms with E-state index in [4.69, 9.17) is 9.47 Å². The van der Waals surface area contributed by atoms with Crippen LogP contribution in [0.1, 0.15) is 73.1 Å². The zero-order valence-corrected chi connectivity index (χ0v) is 15.6. The molecule has 1 aliphatic carbocycles. The van der Waals surface area contributed by atoms with Crippen molar-refractivity contribution in [3.8, 4) is 0 Å². The van der Waals surface area contributed by atoms with Crippen LogP contribution in [0.15, 0.2) is 0 Å². The topological polar surface area (TPSA) is 47.6 Å². The third kappa shape index (κ3) is 5.46.